The van der Waals surface area contributed by atoms with E-state index >= 15 is 0 Å². The highest BCUT2D eigenvalue weighted by molar-refractivity contribution is 7.99. The number of hydrogen-bond acceptors (Lipinski definition) is 14. The molecule has 0 saturated carbocycles. The molecular weight excluding hydrogens is 694 g/mol. The molecule has 4 bridgehead atoms. The van der Waals surface area contributed by atoms with Gasteiger partial charge < -0.3 is 50.6 Å². The summed E-state index contributed by atoms with van der Waals surface area (Å²) in [6.07, 6.45) is -0.621. The van der Waals surface area contributed by atoms with E-state index in [-0.39, 0.29) is 36.6 Å². The van der Waals surface area contributed by atoms with E-state index < -0.39 is 71.6 Å². The summed E-state index contributed by atoms with van der Waals surface area (Å²) in [5.74, 6) is -0.904. The largest absolute Gasteiger partial charge is 0.507 e. The second-order valence-corrected chi connectivity index (χ2v) is 15.9. The Balaban J connectivity index is 1.36. The number of likely N-dealkylation sites (N-methyl/N-ethyl adjacent to an activating group) is 1. The fourth-order valence-electron chi connectivity index (χ4n) is 8.70. The third-order valence-corrected chi connectivity index (χ3v) is 12.6. The van der Waals surface area contributed by atoms with Gasteiger partial charge in [-0.15, -0.1) is 11.8 Å². The molecule has 2 aromatic carbocycles. The number of aryl methyl sites for hydroxylation is 1. The molecule has 7 N–H and O–H groups in total. The predicted molar refractivity (Wildman–Crippen MR) is 189 cm³/mol. The molecule has 282 valence electrons. The number of hydrogen-bond donors (Lipinski definition) is 6. The lowest BCUT2D eigenvalue weighted by molar-refractivity contribution is -0.184. The topological polar surface area (TPSA) is 205 Å². The Hall–Kier alpha value is -3.96. The number of esters is 1. The molecule has 3 unspecified atom stereocenters. The van der Waals surface area contributed by atoms with Gasteiger partial charge >= 0.3 is 5.97 Å². The van der Waals surface area contributed by atoms with E-state index in [9.17, 15) is 29.7 Å². The number of nitrogens with one attached hydrogen (secondary N) is 2. The summed E-state index contributed by atoms with van der Waals surface area (Å²) in [6, 6.07) is -3.26. The average molecular weight is 742 g/mol. The molecule has 2 amide bonds. The monoisotopic (exact) mass is 741 g/mol. The van der Waals surface area contributed by atoms with Crippen molar-refractivity contribution in [2.24, 2.45) is 11.7 Å². The number of ether oxygens (including phenoxy) is 4. The van der Waals surface area contributed by atoms with Gasteiger partial charge in [-0.05, 0) is 51.3 Å². The van der Waals surface area contributed by atoms with Gasteiger partial charge in [0, 0.05) is 34.0 Å². The molecule has 7 rings (SSSR count). The molecule has 15 nitrogen and oxygen atoms in total. The number of carbonyl (C=O) groups is 3. The minimum atomic E-state index is -1.13. The van der Waals surface area contributed by atoms with Crippen molar-refractivity contribution < 1.29 is 48.7 Å². The second-order valence-electron chi connectivity index (χ2n) is 14.7. The van der Waals surface area contributed by atoms with Crippen molar-refractivity contribution in [3.63, 3.8) is 0 Å². The summed E-state index contributed by atoms with van der Waals surface area (Å²) < 4.78 is 23.5. The van der Waals surface area contributed by atoms with Gasteiger partial charge in [0.15, 0.2) is 23.0 Å². The van der Waals surface area contributed by atoms with E-state index in [0.717, 1.165) is 11.1 Å². The van der Waals surface area contributed by atoms with Crippen LogP contribution in [0, 0.1) is 19.8 Å². The summed E-state index contributed by atoms with van der Waals surface area (Å²) in [5.41, 5.74) is 9.67. The Morgan fingerprint density at radius 1 is 1.06 bits per heavy atom. The molecule has 0 spiro atoms. The molecular formula is C36H47N5O10S. The fourth-order valence-corrected chi connectivity index (χ4v) is 10.2. The summed E-state index contributed by atoms with van der Waals surface area (Å²) in [7, 11) is 3.43. The summed E-state index contributed by atoms with van der Waals surface area (Å²) >= 11 is 1.32. The minimum absolute atomic E-state index is 0.00613. The lowest BCUT2D eigenvalue weighted by Gasteiger charge is -2.61. The van der Waals surface area contributed by atoms with Crippen LogP contribution in [0.2, 0.25) is 0 Å². The maximum Gasteiger partial charge on any atom is 0.329 e. The predicted octanol–water partition coefficient (Wildman–Crippen LogP) is 1.41. The van der Waals surface area contributed by atoms with Crippen LogP contribution in [0.3, 0.4) is 0 Å². The highest BCUT2D eigenvalue weighted by Gasteiger charge is 2.60. The van der Waals surface area contributed by atoms with Crippen LogP contribution in [0.1, 0.15) is 71.5 Å². The number of aliphatic hydroxyl groups is 1. The average Bonchev–Trinajstić information content (AvgIpc) is 3.59. The van der Waals surface area contributed by atoms with Gasteiger partial charge in [-0.3, -0.25) is 19.4 Å². The number of aromatic hydroxyl groups is 2. The van der Waals surface area contributed by atoms with Gasteiger partial charge in [0.05, 0.1) is 36.5 Å². The first-order chi connectivity index (χ1) is 24.7. The van der Waals surface area contributed by atoms with Gasteiger partial charge in [0.2, 0.25) is 18.6 Å². The number of phenolic OH excluding ortho intramolecular Hbond substituents is 2. The number of phenols is 2. The molecule has 2 saturated heterocycles. The van der Waals surface area contributed by atoms with E-state index in [1.54, 1.807) is 20.8 Å². The number of fused-ring (bicyclic) bond motifs is 9. The number of thioether (sulfide) groups is 1. The van der Waals surface area contributed by atoms with Crippen LogP contribution < -0.4 is 30.6 Å². The summed E-state index contributed by atoms with van der Waals surface area (Å²) in [4.78, 5) is 44.0. The lowest BCUT2D eigenvalue weighted by Crippen LogP contribution is -2.69. The SMILES string of the molecule is COc1c(C)cc2c(c1O)[C@@H]1C3[C@@H]4SC[C@H](NC(=O)C(NC(=O)C(C)N)C(C)C)C(=O)OC[C@@H](c5c6c(c(C)c(O)c54)OCO6)N3[C@@H](O)[C@@H](C2)N1C. The molecule has 16 heteroatoms. The van der Waals surface area contributed by atoms with E-state index in [1.165, 1.54) is 25.8 Å². The molecule has 0 radical (unpaired) electrons. The third kappa shape index (κ3) is 5.52. The van der Waals surface area contributed by atoms with Crippen molar-refractivity contribution in [1.29, 1.82) is 0 Å². The summed E-state index contributed by atoms with van der Waals surface area (Å²) in [6.45, 7) is 8.36. The molecule has 5 aliphatic rings. The molecule has 0 aromatic heterocycles. The van der Waals surface area contributed by atoms with Crippen LogP contribution in [0.15, 0.2) is 6.07 Å². The number of benzene rings is 2. The molecule has 0 aliphatic carbocycles. The Kier molecular flexibility index (Phi) is 9.43. The molecule has 2 aromatic rings. The number of nitrogens with zero attached hydrogens (tertiary/aromatic N) is 2. The Morgan fingerprint density at radius 2 is 1.77 bits per heavy atom. The number of rotatable bonds is 6. The zero-order valence-electron chi connectivity index (χ0n) is 30.3. The minimum Gasteiger partial charge on any atom is -0.507 e. The molecule has 9 atom stereocenters. The number of carbonyl (C=O) groups excluding carboxylic acids is 3. The Labute approximate surface area is 306 Å². The first-order valence-electron chi connectivity index (χ1n) is 17.5. The Bertz CT molecular complexity index is 1820. The van der Waals surface area contributed by atoms with Crippen molar-refractivity contribution in [1.82, 2.24) is 20.4 Å². The molecule has 2 fully saturated rings. The van der Waals surface area contributed by atoms with Gasteiger partial charge in [-0.25, -0.2) is 4.79 Å². The normalized spacial score (nSPS) is 29.0. The highest BCUT2D eigenvalue weighted by Crippen LogP contribution is 2.63. The number of piperazine rings is 1. The van der Waals surface area contributed by atoms with Crippen molar-refractivity contribution in [2.45, 2.75) is 94.8 Å². The van der Waals surface area contributed by atoms with E-state index in [0.29, 0.717) is 45.9 Å². The van der Waals surface area contributed by atoms with Crippen LogP contribution >= 0.6 is 11.8 Å². The van der Waals surface area contributed by atoms with Crippen molar-refractivity contribution >= 4 is 29.5 Å². The fraction of sp³-hybridized carbons (Fsp3) is 0.583. The van der Waals surface area contributed by atoms with E-state index in [4.69, 9.17) is 24.7 Å². The van der Waals surface area contributed by atoms with Crippen molar-refractivity contribution in [2.75, 3.05) is 33.3 Å². The number of amides is 2. The van der Waals surface area contributed by atoms with Gasteiger partial charge in [-0.1, -0.05) is 19.9 Å². The smallest absolute Gasteiger partial charge is 0.329 e. The zero-order valence-corrected chi connectivity index (χ0v) is 31.1. The first kappa shape index (κ1) is 36.4. The first-order valence-corrected chi connectivity index (χ1v) is 18.6. The molecule has 52 heavy (non-hydrogen) atoms. The molecule has 5 aliphatic heterocycles. The van der Waals surface area contributed by atoms with Crippen LogP contribution in [-0.2, 0) is 25.5 Å². The Morgan fingerprint density at radius 3 is 2.44 bits per heavy atom. The van der Waals surface area contributed by atoms with E-state index in [2.05, 4.69) is 15.5 Å². The van der Waals surface area contributed by atoms with Gasteiger partial charge in [-0.2, -0.15) is 0 Å². The number of cyclic esters (lactones) is 1. The highest BCUT2D eigenvalue weighted by atomic mass is 32.2. The number of aliphatic hydroxyl groups excluding tert-OH is 1. The van der Waals surface area contributed by atoms with E-state index in [1.807, 2.05) is 24.9 Å². The molecule has 5 heterocycles. The van der Waals surface area contributed by atoms with Gasteiger partial charge in [0.25, 0.3) is 0 Å². The van der Waals surface area contributed by atoms with Crippen LogP contribution in [-0.4, -0.2) is 113 Å². The maximum atomic E-state index is 13.8. The third-order valence-electron chi connectivity index (χ3n) is 11.2. The van der Waals surface area contributed by atoms with Crippen molar-refractivity contribution in [3.8, 4) is 28.7 Å². The second kappa shape index (κ2) is 13.5. The quantitative estimate of drug-likeness (QED) is 0.232. The lowest BCUT2D eigenvalue weighted by atomic mass is 9.73. The van der Waals surface area contributed by atoms with Gasteiger partial charge in [0.1, 0.15) is 30.7 Å². The van der Waals surface area contributed by atoms with Crippen molar-refractivity contribution in [3.05, 3.63) is 39.4 Å². The van der Waals surface area contributed by atoms with Crippen LogP contribution in [0.4, 0.5) is 0 Å². The van der Waals surface area contributed by atoms with Crippen LogP contribution in [0.25, 0.3) is 0 Å². The summed E-state index contributed by atoms with van der Waals surface area (Å²) in [5, 5.41) is 41.0. The number of nitrogens with two attached hydrogens (primary N) is 1. The van der Waals surface area contributed by atoms with Crippen LogP contribution in [0.5, 0.6) is 28.7 Å². The zero-order chi connectivity index (χ0) is 37.5. The standard InChI is InChI=1S/C36H47N5O10S/c1-13(2)24(39-33(44)16(5)37)34(45)38-18-11-52-32-23-22(31-30(50-12-51-31)15(4)27(23)42)20(10-49-36(18)47)41-26(32)25-21-17(9-19(35(41)46)40(25)6)8-14(3)29(48-7)28(21)43/h8,13,16,18-20,24-26,32,35,42-43,46H,9-12,37H2,1-7H3,(H,38,45)(H,39,44)/t16?,18-,19+,20-,24?,25+,26?,32+,35-/m0/s1. The number of methoxy groups -OCH3 is 1. The maximum absolute atomic E-state index is 13.8.